The van der Waals surface area contributed by atoms with E-state index in [1.165, 1.54) is 13.2 Å². The number of benzene rings is 1. The first kappa shape index (κ1) is 17.6. The zero-order valence-electron chi connectivity index (χ0n) is 14.0. The van der Waals surface area contributed by atoms with Gasteiger partial charge >= 0.3 is 5.97 Å². The van der Waals surface area contributed by atoms with Gasteiger partial charge in [0.05, 0.1) is 25.0 Å². The number of aromatic nitrogens is 1. The second kappa shape index (κ2) is 8.19. The molecule has 0 atom stereocenters. The van der Waals surface area contributed by atoms with E-state index in [2.05, 4.69) is 4.98 Å². The average molecular weight is 331 g/mol. The lowest BCUT2D eigenvalue weighted by Gasteiger charge is -2.13. The number of carbonyl (C=O) groups excluding carboxylic acids is 2. The van der Waals surface area contributed by atoms with Crippen LogP contribution >= 0.6 is 0 Å². The molecule has 24 heavy (non-hydrogen) atoms. The van der Waals surface area contributed by atoms with Crippen LogP contribution in [0.25, 0.3) is 0 Å². The minimum Gasteiger partial charge on any atom is -0.493 e. The van der Waals surface area contributed by atoms with Crippen LogP contribution in [-0.2, 0) is 4.74 Å². The number of methoxy groups -OCH3 is 1. The van der Waals surface area contributed by atoms with E-state index < -0.39 is 5.97 Å². The van der Waals surface area contributed by atoms with Crippen molar-refractivity contribution in [1.82, 2.24) is 4.98 Å². The van der Waals surface area contributed by atoms with Gasteiger partial charge in [0.1, 0.15) is 0 Å². The number of H-pyrrole nitrogens is 1. The van der Waals surface area contributed by atoms with Gasteiger partial charge in [-0.15, -0.1) is 0 Å². The van der Waals surface area contributed by atoms with Crippen molar-refractivity contribution in [2.24, 2.45) is 5.92 Å². The van der Waals surface area contributed by atoms with Gasteiger partial charge in [-0.1, -0.05) is 13.8 Å². The third kappa shape index (κ3) is 4.62. The number of aromatic amines is 1. The molecule has 0 saturated carbocycles. The fourth-order valence-electron chi connectivity index (χ4n) is 1.97. The van der Waals surface area contributed by atoms with E-state index in [0.717, 1.165) is 0 Å². The van der Waals surface area contributed by atoms with Gasteiger partial charge in [0, 0.05) is 6.20 Å². The molecule has 6 heteroatoms. The van der Waals surface area contributed by atoms with E-state index in [1.807, 2.05) is 13.8 Å². The molecule has 1 aromatic heterocycles. The summed E-state index contributed by atoms with van der Waals surface area (Å²) < 4.78 is 15.9. The molecule has 6 nitrogen and oxygen atoms in total. The van der Waals surface area contributed by atoms with E-state index in [0.29, 0.717) is 35.3 Å². The molecule has 2 aromatic rings. The van der Waals surface area contributed by atoms with Crippen LogP contribution in [0.3, 0.4) is 0 Å². The minimum atomic E-state index is -0.594. The first-order valence-corrected chi connectivity index (χ1v) is 7.65. The summed E-state index contributed by atoms with van der Waals surface area (Å²) in [5.41, 5.74) is 0.695. The summed E-state index contributed by atoms with van der Waals surface area (Å²) >= 11 is 0. The maximum Gasteiger partial charge on any atom is 0.338 e. The third-order valence-electron chi connectivity index (χ3n) is 3.20. The molecule has 1 aromatic carbocycles. The molecule has 0 fully saturated rings. The van der Waals surface area contributed by atoms with Gasteiger partial charge in [-0.3, -0.25) is 4.79 Å². The number of rotatable bonds is 8. The normalized spacial score (nSPS) is 10.5. The molecule has 0 aliphatic heterocycles. The highest BCUT2D eigenvalue weighted by molar-refractivity contribution is 5.98. The van der Waals surface area contributed by atoms with Crippen molar-refractivity contribution in [3.63, 3.8) is 0 Å². The van der Waals surface area contributed by atoms with Gasteiger partial charge in [0.2, 0.25) is 5.78 Å². The van der Waals surface area contributed by atoms with E-state index in [9.17, 15) is 9.59 Å². The Morgan fingerprint density at radius 3 is 2.58 bits per heavy atom. The fraction of sp³-hybridized carbons (Fsp3) is 0.333. The lowest BCUT2D eigenvalue weighted by atomic mass is 10.2. The number of hydrogen-bond acceptors (Lipinski definition) is 5. The van der Waals surface area contributed by atoms with Crippen LogP contribution in [0.2, 0.25) is 0 Å². The summed E-state index contributed by atoms with van der Waals surface area (Å²) in [5, 5.41) is 0. The summed E-state index contributed by atoms with van der Waals surface area (Å²) in [4.78, 5) is 26.7. The van der Waals surface area contributed by atoms with Gasteiger partial charge in [-0.25, -0.2) is 4.79 Å². The van der Waals surface area contributed by atoms with Crippen LogP contribution in [0.1, 0.15) is 34.7 Å². The van der Waals surface area contributed by atoms with E-state index in [1.54, 1.807) is 30.5 Å². The van der Waals surface area contributed by atoms with Crippen molar-refractivity contribution < 1.29 is 23.8 Å². The first-order chi connectivity index (χ1) is 11.5. The molecule has 0 spiro atoms. The van der Waals surface area contributed by atoms with Crippen molar-refractivity contribution in [3.05, 3.63) is 47.8 Å². The topological polar surface area (TPSA) is 77.6 Å². The average Bonchev–Trinajstić information content (AvgIpc) is 3.11. The lowest BCUT2D eigenvalue weighted by molar-refractivity contribution is 0.0473. The molecule has 0 saturated heterocycles. The third-order valence-corrected chi connectivity index (χ3v) is 3.20. The molecule has 0 radical (unpaired) electrons. The summed E-state index contributed by atoms with van der Waals surface area (Å²) in [7, 11) is 1.50. The lowest BCUT2D eigenvalue weighted by Crippen LogP contribution is -2.14. The molecular weight excluding hydrogens is 310 g/mol. The van der Waals surface area contributed by atoms with Gasteiger partial charge in [0.15, 0.2) is 18.1 Å². The Hall–Kier alpha value is -2.76. The molecule has 0 amide bonds. The zero-order chi connectivity index (χ0) is 17.5. The Labute approximate surface area is 140 Å². The van der Waals surface area contributed by atoms with E-state index in [4.69, 9.17) is 14.2 Å². The highest BCUT2D eigenvalue weighted by atomic mass is 16.5. The van der Waals surface area contributed by atoms with Gasteiger partial charge in [0.25, 0.3) is 0 Å². The number of nitrogens with one attached hydrogen (secondary N) is 1. The second-order valence-electron chi connectivity index (χ2n) is 5.65. The maximum atomic E-state index is 12.1. The number of Topliss-reactive ketones (excluding diaryl/α,β-unsaturated/α-hetero) is 1. The fourth-order valence-corrected chi connectivity index (χ4v) is 1.97. The largest absolute Gasteiger partial charge is 0.493 e. The van der Waals surface area contributed by atoms with Crippen molar-refractivity contribution in [3.8, 4) is 11.5 Å². The predicted molar refractivity (Wildman–Crippen MR) is 88.7 cm³/mol. The molecule has 0 unspecified atom stereocenters. The van der Waals surface area contributed by atoms with Crippen LogP contribution in [0.4, 0.5) is 0 Å². The quantitative estimate of drug-likeness (QED) is 0.594. The van der Waals surface area contributed by atoms with E-state index >= 15 is 0 Å². The standard InChI is InChI=1S/C18H21NO5/c1-12(2)10-23-16-7-6-13(9-17(16)22-3)18(21)24-11-15(20)14-5-4-8-19-14/h4-9,12,19H,10-11H2,1-3H3. The number of ether oxygens (including phenoxy) is 3. The van der Waals surface area contributed by atoms with Gasteiger partial charge in [-0.2, -0.15) is 0 Å². The Bertz CT molecular complexity index is 691. The number of hydrogen-bond donors (Lipinski definition) is 1. The number of ketones is 1. The van der Waals surface area contributed by atoms with Crippen LogP contribution in [0, 0.1) is 5.92 Å². The van der Waals surface area contributed by atoms with Crippen molar-refractivity contribution in [1.29, 1.82) is 0 Å². The molecule has 0 aliphatic rings. The van der Waals surface area contributed by atoms with Crippen LogP contribution in [0.5, 0.6) is 11.5 Å². The van der Waals surface area contributed by atoms with Crippen LogP contribution in [0.15, 0.2) is 36.5 Å². The smallest absolute Gasteiger partial charge is 0.338 e. The molecule has 1 heterocycles. The zero-order valence-corrected chi connectivity index (χ0v) is 14.0. The SMILES string of the molecule is COc1cc(C(=O)OCC(=O)c2ccc[nH]2)ccc1OCC(C)C. The number of carbonyl (C=O) groups is 2. The second-order valence-corrected chi connectivity index (χ2v) is 5.65. The minimum absolute atomic E-state index is 0.294. The van der Waals surface area contributed by atoms with Crippen molar-refractivity contribution in [2.45, 2.75) is 13.8 Å². The first-order valence-electron chi connectivity index (χ1n) is 7.65. The molecule has 128 valence electrons. The maximum absolute atomic E-state index is 12.1. The number of esters is 1. The van der Waals surface area contributed by atoms with Crippen molar-refractivity contribution >= 4 is 11.8 Å². The predicted octanol–water partition coefficient (Wildman–Crippen LogP) is 3.10. The summed E-state index contributed by atoms with van der Waals surface area (Å²) in [6.07, 6.45) is 1.63. The highest BCUT2D eigenvalue weighted by Crippen LogP contribution is 2.28. The molecule has 2 rings (SSSR count). The highest BCUT2D eigenvalue weighted by Gasteiger charge is 2.15. The molecule has 0 aliphatic carbocycles. The monoisotopic (exact) mass is 331 g/mol. The van der Waals surface area contributed by atoms with Gasteiger partial charge < -0.3 is 19.2 Å². The van der Waals surface area contributed by atoms with E-state index in [-0.39, 0.29) is 12.4 Å². The Balaban J connectivity index is 2.00. The summed E-state index contributed by atoms with van der Waals surface area (Å²) in [6, 6.07) is 8.11. The summed E-state index contributed by atoms with van der Waals surface area (Å²) in [6.45, 7) is 4.30. The van der Waals surface area contributed by atoms with Gasteiger partial charge in [-0.05, 0) is 36.2 Å². The molecule has 1 N–H and O–H groups in total. The van der Waals surface area contributed by atoms with Crippen LogP contribution < -0.4 is 9.47 Å². The molecular formula is C18H21NO5. The van der Waals surface area contributed by atoms with Crippen molar-refractivity contribution in [2.75, 3.05) is 20.3 Å². The Kier molecular flexibility index (Phi) is 6.01. The Morgan fingerprint density at radius 2 is 1.96 bits per heavy atom. The Morgan fingerprint density at radius 1 is 1.17 bits per heavy atom. The molecule has 0 bridgehead atoms. The van der Waals surface area contributed by atoms with Crippen LogP contribution in [-0.4, -0.2) is 37.1 Å². The summed E-state index contributed by atoms with van der Waals surface area (Å²) in [5.74, 6) is 0.491.